The Hall–Kier alpha value is -0.400. The van der Waals surface area contributed by atoms with Crippen molar-refractivity contribution in [2.24, 2.45) is 0 Å². The van der Waals surface area contributed by atoms with Gasteiger partial charge in [0.1, 0.15) is 0 Å². The Morgan fingerprint density at radius 2 is 0.533 bits per heavy atom. The van der Waals surface area contributed by atoms with E-state index in [4.69, 9.17) is 29.3 Å². The molecule has 182 valence electrons. The van der Waals surface area contributed by atoms with Crippen molar-refractivity contribution in [1.29, 1.82) is 0 Å². The van der Waals surface area contributed by atoms with Crippen LogP contribution < -0.4 is 0 Å². The van der Waals surface area contributed by atoms with Crippen molar-refractivity contribution in [3.8, 4) is 0 Å². The summed E-state index contributed by atoms with van der Waals surface area (Å²) in [5, 5.41) is 18.4. The van der Waals surface area contributed by atoms with E-state index < -0.39 is 23.1 Å². The molecule has 0 atom stereocenters. The van der Waals surface area contributed by atoms with Crippen LogP contribution in [0.25, 0.3) is 0 Å². The van der Waals surface area contributed by atoms with E-state index in [0.717, 1.165) is 0 Å². The van der Waals surface area contributed by atoms with Gasteiger partial charge in [-0.2, -0.15) is 29.3 Å². The largest absolute Gasteiger partial charge is 0.249 e. The summed E-state index contributed by atoms with van der Waals surface area (Å²) in [7, 11) is 0. The van der Waals surface area contributed by atoms with Crippen LogP contribution in [0.2, 0.25) is 0 Å². The fraction of sp³-hybridized carbons (Fsp3) is 1.00. The Kier molecular flexibility index (Phi) is 13.7. The fourth-order valence-electron chi connectivity index (χ4n) is 2.48. The second kappa shape index (κ2) is 13.9. The van der Waals surface area contributed by atoms with Gasteiger partial charge < -0.3 is 0 Å². The molecule has 0 saturated heterocycles. The first-order chi connectivity index (χ1) is 14.2. The minimum absolute atomic E-state index is 0.354. The minimum atomic E-state index is -1.31. The highest BCUT2D eigenvalue weighted by molar-refractivity contribution is 4.68. The van der Waals surface area contributed by atoms with E-state index in [1.165, 1.54) is 0 Å². The number of rotatable bonds is 19. The van der Waals surface area contributed by atoms with Crippen molar-refractivity contribution in [2.75, 3.05) is 0 Å². The van der Waals surface area contributed by atoms with Crippen LogP contribution in [0.1, 0.15) is 107 Å². The molecule has 0 aromatic rings. The van der Waals surface area contributed by atoms with Crippen LogP contribution >= 0.6 is 0 Å². The van der Waals surface area contributed by atoms with E-state index in [0.29, 0.717) is 51.4 Å². The lowest BCUT2D eigenvalue weighted by molar-refractivity contribution is -0.624. The Labute approximate surface area is 180 Å². The Morgan fingerprint density at radius 3 is 0.667 bits per heavy atom. The number of hydrogen-bond acceptors (Lipinski definition) is 10. The maximum Gasteiger partial charge on any atom is 0.233 e. The van der Waals surface area contributed by atoms with Crippen LogP contribution in [0.15, 0.2) is 0 Å². The SMILES string of the molecule is CCC(CC)(OO)OOC(CC)(CC)OOC(CC)(CC)OOC(CC)(CC)OO. The normalized spacial score (nSPS) is 13.8. The molecule has 0 spiro atoms. The van der Waals surface area contributed by atoms with Gasteiger partial charge in [0.2, 0.25) is 23.1 Å². The van der Waals surface area contributed by atoms with Gasteiger partial charge in [-0.3, -0.25) is 0 Å². The maximum atomic E-state index is 9.22. The topological polar surface area (TPSA) is 114 Å². The molecular weight excluding hydrogens is 400 g/mol. The first-order valence-corrected chi connectivity index (χ1v) is 11.0. The lowest BCUT2D eigenvalue weighted by Crippen LogP contribution is -2.46. The van der Waals surface area contributed by atoms with Crippen molar-refractivity contribution >= 4 is 0 Å². The minimum Gasteiger partial charge on any atom is -0.249 e. The predicted molar refractivity (Wildman–Crippen MR) is 107 cm³/mol. The first-order valence-electron chi connectivity index (χ1n) is 11.0. The Morgan fingerprint density at radius 1 is 0.367 bits per heavy atom. The average molecular weight is 443 g/mol. The highest BCUT2D eigenvalue weighted by Crippen LogP contribution is 2.34. The molecule has 0 saturated carbocycles. The molecule has 0 heterocycles. The van der Waals surface area contributed by atoms with E-state index in [2.05, 4.69) is 9.78 Å². The summed E-state index contributed by atoms with van der Waals surface area (Å²) in [6.45, 7) is 14.5. The van der Waals surface area contributed by atoms with Gasteiger partial charge in [0.15, 0.2) is 0 Å². The van der Waals surface area contributed by atoms with E-state index in [-0.39, 0.29) is 0 Å². The molecule has 0 aromatic carbocycles. The van der Waals surface area contributed by atoms with Crippen LogP contribution in [0.4, 0.5) is 0 Å². The second-order valence-electron chi connectivity index (χ2n) is 7.15. The third-order valence-corrected chi connectivity index (χ3v) is 5.68. The standard InChI is InChI=1S/C20H42O10/c1-9-17(10-2,23-21)25-27-19(13-5,14-6)29-30-20(15-7,16-8)28-26-18(11-3,12-4)24-22/h21-22H,9-16H2,1-8H3. The van der Waals surface area contributed by atoms with Crippen molar-refractivity contribution in [3.63, 3.8) is 0 Å². The number of hydrogen-bond donors (Lipinski definition) is 2. The summed E-state index contributed by atoms with van der Waals surface area (Å²) in [6, 6.07) is 0. The quantitative estimate of drug-likeness (QED) is 0.143. The second-order valence-corrected chi connectivity index (χ2v) is 7.15. The van der Waals surface area contributed by atoms with E-state index in [1.807, 2.05) is 27.7 Å². The van der Waals surface area contributed by atoms with Gasteiger partial charge in [0.05, 0.1) is 0 Å². The molecule has 10 nitrogen and oxygen atoms in total. The summed E-state index contributed by atoms with van der Waals surface area (Å²) in [6.07, 6.45) is 2.90. The summed E-state index contributed by atoms with van der Waals surface area (Å²) in [5.41, 5.74) is 0. The summed E-state index contributed by atoms with van der Waals surface area (Å²) in [5.74, 6) is -5.20. The summed E-state index contributed by atoms with van der Waals surface area (Å²) in [4.78, 5) is 42.3. The first kappa shape index (κ1) is 29.6. The van der Waals surface area contributed by atoms with Gasteiger partial charge in [-0.05, 0) is 0 Å². The molecule has 0 radical (unpaired) electrons. The molecule has 0 rings (SSSR count). The predicted octanol–water partition coefficient (Wildman–Crippen LogP) is 5.88. The highest BCUT2D eigenvalue weighted by Gasteiger charge is 2.43. The molecular formula is C20H42O10. The van der Waals surface area contributed by atoms with Gasteiger partial charge >= 0.3 is 0 Å². The zero-order valence-electron chi connectivity index (χ0n) is 19.8. The van der Waals surface area contributed by atoms with Gasteiger partial charge in [-0.25, -0.2) is 20.3 Å². The van der Waals surface area contributed by atoms with Crippen LogP contribution in [0.3, 0.4) is 0 Å². The molecule has 0 aliphatic carbocycles. The molecule has 0 bridgehead atoms. The molecule has 0 aromatic heterocycles. The summed E-state index contributed by atoms with van der Waals surface area (Å²) < 4.78 is 0. The lowest BCUT2D eigenvalue weighted by atomic mass is 10.1. The molecule has 30 heavy (non-hydrogen) atoms. The molecule has 0 amide bonds. The fourth-order valence-corrected chi connectivity index (χ4v) is 2.48. The third kappa shape index (κ3) is 7.63. The van der Waals surface area contributed by atoms with Crippen molar-refractivity contribution in [2.45, 2.75) is 130 Å². The molecule has 0 aliphatic rings. The maximum absolute atomic E-state index is 9.22. The third-order valence-electron chi connectivity index (χ3n) is 5.68. The van der Waals surface area contributed by atoms with Gasteiger partial charge in [0, 0.05) is 51.4 Å². The van der Waals surface area contributed by atoms with Crippen molar-refractivity contribution < 1.29 is 49.6 Å². The smallest absolute Gasteiger partial charge is 0.233 e. The van der Waals surface area contributed by atoms with Crippen LogP contribution in [-0.2, 0) is 39.1 Å². The van der Waals surface area contributed by atoms with Crippen molar-refractivity contribution in [3.05, 3.63) is 0 Å². The Bertz CT molecular complexity index is 373. The van der Waals surface area contributed by atoms with E-state index >= 15 is 0 Å². The van der Waals surface area contributed by atoms with Gasteiger partial charge in [0.25, 0.3) is 0 Å². The highest BCUT2D eigenvalue weighted by atomic mass is 17.4. The van der Waals surface area contributed by atoms with Gasteiger partial charge in [-0.15, -0.1) is 0 Å². The average Bonchev–Trinajstić information content (AvgIpc) is 2.82. The van der Waals surface area contributed by atoms with Crippen LogP contribution in [0.5, 0.6) is 0 Å². The zero-order chi connectivity index (χ0) is 23.3. The van der Waals surface area contributed by atoms with Crippen LogP contribution in [-0.4, -0.2) is 33.7 Å². The van der Waals surface area contributed by atoms with Crippen molar-refractivity contribution in [1.82, 2.24) is 0 Å². The van der Waals surface area contributed by atoms with Crippen LogP contribution in [0, 0.1) is 0 Å². The lowest BCUT2D eigenvalue weighted by Gasteiger charge is -2.38. The monoisotopic (exact) mass is 442 g/mol. The van der Waals surface area contributed by atoms with Gasteiger partial charge in [-0.1, -0.05) is 55.4 Å². The molecule has 0 unspecified atom stereocenters. The summed E-state index contributed by atoms with van der Waals surface area (Å²) >= 11 is 0. The molecule has 0 fully saturated rings. The molecule has 10 heteroatoms. The zero-order valence-corrected chi connectivity index (χ0v) is 19.8. The molecule has 2 N–H and O–H groups in total. The van der Waals surface area contributed by atoms with E-state index in [1.54, 1.807) is 27.7 Å². The molecule has 0 aliphatic heterocycles. The van der Waals surface area contributed by atoms with E-state index in [9.17, 15) is 10.5 Å². The Balaban J connectivity index is 5.35.